The molecule has 10 heteroatoms. The van der Waals surface area contributed by atoms with Crippen LogP contribution < -0.4 is 4.90 Å². The van der Waals surface area contributed by atoms with Gasteiger partial charge in [0.25, 0.3) is 0 Å². The van der Waals surface area contributed by atoms with Crippen LogP contribution in [-0.2, 0) is 22.1 Å². The predicted octanol–water partition coefficient (Wildman–Crippen LogP) is 3.46. The maximum Gasteiger partial charge on any atom is 0.221 e. The molecule has 0 amide bonds. The lowest BCUT2D eigenvalue weighted by Crippen LogP contribution is -2.48. The van der Waals surface area contributed by atoms with Crippen LogP contribution in [0, 0.1) is 5.82 Å². The van der Waals surface area contributed by atoms with E-state index in [2.05, 4.69) is 15.1 Å². The van der Waals surface area contributed by atoms with Gasteiger partial charge in [-0.2, -0.15) is 4.31 Å². The molecule has 0 bridgehead atoms. The van der Waals surface area contributed by atoms with Gasteiger partial charge < -0.3 is 14.6 Å². The average molecular weight is 514 g/mol. The third-order valence-electron chi connectivity index (χ3n) is 7.88. The van der Waals surface area contributed by atoms with Crippen LogP contribution in [0.5, 0.6) is 0 Å². The van der Waals surface area contributed by atoms with Gasteiger partial charge in [-0.15, -0.1) is 10.2 Å². The van der Waals surface area contributed by atoms with Crippen LogP contribution in [-0.4, -0.2) is 58.3 Å². The van der Waals surface area contributed by atoms with Crippen molar-refractivity contribution in [2.45, 2.75) is 56.0 Å². The third kappa shape index (κ3) is 4.53. The summed E-state index contributed by atoms with van der Waals surface area (Å²) in [5.41, 5.74) is 1.45. The molecule has 3 heterocycles. The molecule has 5 rings (SSSR count). The number of nitrogens with zero attached hydrogens (tertiary/aromatic N) is 5. The predicted molar refractivity (Wildman–Crippen MR) is 135 cm³/mol. The minimum Gasteiger partial charge on any atom is -0.394 e. The van der Waals surface area contributed by atoms with E-state index in [0.717, 1.165) is 17.7 Å². The lowest BCUT2D eigenvalue weighted by atomic mass is 9.87. The lowest BCUT2D eigenvalue weighted by molar-refractivity contribution is 0.104. The Morgan fingerprint density at radius 2 is 1.75 bits per heavy atom. The fourth-order valence-corrected chi connectivity index (χ4v) is 7.69. The number of rotatable bonds is 6. The highest BCUT2D eigenvalue weighted by Crippen LogP contribution is 2.38. The molecule has 8 nitrogen and oxygen atoms in total. The van der Waals surface area contributed by atoms with E-state index in [1.165, 1.54) is 10.4 Å². The highest BCUT2D eigenvalue weighted by atomic mass is 32.2. The number of aliphatic hydroxyl groups excluding tert-OH is 1. The quantitative estimate of drug-likeness (QED) is 0.543. The highest BCUT2D eigenvalue weighted by molar-refractivity contribution is 7.89. The van der Waals surface area contributed by atoms with E-state index in [1.54, 1.807) is 18.7 Å². The summed E-state index contributed by atoms with van der Waals surface area (Å²) in [6, 6.07) is 14.1. The molecule has 0 radical (unpaired) electrons. The Labute approximate surface area is 211 Å². The van der Waals surface area contributed by atoms with Crippen molar-refractivity contribution in [2.24, 2.45) is 0 Å². The molecule has 0 aliphatic carbocycles. The first-order valence-electron chi connectivity index (χ1n) is 12.4. The van der Waals surface area contributed by atoms with E-state index >= 15 is 4.39 Å². The van der Waals surface area contributed by atoms with E-state index in [0.29, 0.717) is 37.9 Å². The topological polar surface area (TPSA) is 91.6 Å². The van der Waals surface area contributed by atoms with E-state index in [9.17, 15) is 13.5 Å². The van der Waals surface area contributed by atoms with Gasteiger partial charge in [0.05, 0.1) is 12.1 Å². The molecule has 3 aromatic rings. The van der Waals surface area contributed by atoms with Gasteiger partial charge in [-0.1, -0.05) is 36.4 Å². The first-order chi connectivity index (χ1) is 17.3. The number of hydrogen-bond donors (Lipinski definition) is 1. The second-order valence-corrected chi connectivity index (χ2v) is 12.0. The van der Waals surface area contributed by atoms with Crippen LogP contribution in [0.4, 0.5) is 10.1 Å². The molecule has 2 aliphatic rings. The van der Waals surface area contributed by atoms with Crippen LogP contribution in [0.1, 0.15) is 49.0 Å². The van der Waals surface area contributed by atoms with Crippen LogP contribution in [0.25, 0.3) is 0 Å². The Morgan fingerprint density at radius 1 is 1.06 bits per heavy atom. The maximum atomic E-state index is 15.3. The molecule has 192 valence electrons. The summed E-state index contributed by atoms with van der Waals surface area (Å²) in [5, 5.41) is 17.2. The third-order valence-corrected chi connectivity index (χ3v) is 10.2. The van der Waals surface area contributed by atoms with Crippen molar-refractivity contribution >= 4 is 15.7 Å². The minimum atomic E-state index is -3.63. The zero-order valence-corrected chi connectivity index (χ0v) is 21.2. The van der Waals surface area contributed by atoms with Crippen molar-refractivity contribution in [1.82, 2.24) is 19.1 Å². The van der Waals surface area contributed by atoms with Gasteiger partial charge in [0.1, 0.15) is 23.7 Å². The zero-order valence-electron chi connectivity index (χ0n) is 20.4. The molecule has 0 saturated carbocycles. The van der Waals surface area contributed by atoms with E-state index < -0.39 is 26.6 Å². The maximum absolute atomic E-state index is 15.3. The summed E-state index contributed by atoms with van der Waals surface area (Å²) in [6.45, 7) is 3.18. The molecule has 1 aromatic heterocycles. The number of sulfonamides is 1. The second kappa shape index (κ2) is 9.91. The molecule has 0 spiro atoms. The van der Waals surface area contributed by atoms with E-state index in [4.69, 9.17) is 0 Å². The molecule has 2 saturated heterocycles. The van der Waals surface area contributed by atoms with Crippen molar-refractivity contribution < 1.29 is 17.9 Å². The monoisotopic (exact) mass is 513 g/mol. The van der Waals surface area contributed by atoms with Gasteiger partial charge in [0.2, 0.25) is 10.0 Å². The van der Waals surface area contributed by atoms with Crippen LogP contribution >= 0.6 is 0 Å². The summed E-state index contributed by atoms with van der Waals surface area (Å²) in [6.07, 6.45) is 5.89. The summed E-state index contributed by atoms with van der Waals surface area (Å²) >= 11 is 0. The van der Waals surface area contributed by atoms with Gasteiger partial charge >= 0.3 is 0 Å². The SMILES string of the molecule is C[C@H]1CC[C@H](c2ccccc2)S(=O)(=O)N1Cc1ccc(N2CCC(CO)(n3cnnc3)CC2)cc1F. The van der Waals surface area contributed by atoms with Crippen molar-refractivity contribution in [3.8, 4) is 0 Å². The number of benzene rings is 2. The van der Waals surface area contributed by atoms with Crippen LogP contribution in [0.3, 0.4) is 0 Å². The highest BCUT2D eigenvalue weighted by Gasteiger charge is 2.41. The zero-order chi connectivity index (χ0) is 25.3. The standard InChI is InChI=1S/C26H32FN5O3S/c1-20-7-10-25(21-5-3-2-4-6-21)36(34,35)32(20)16-22-8-9-23(15-24(22)27)30-13-11-26(17-33,12-14-30)31-18-28-29-19-31/h2-6,8-9,15,18-20,25,33H,7,10-14,16-17H2,1H3/t20-,25+/m0/s1. The smallest absolute Gasteiger partial charge is 0.221 e. The number of piperidine rings is 1. The molecular weight excluding hydrogens is 481 g/mol. The van der Waals surface area contributed by atoms with Crippen molar-refractivity contribution in [3.63, 3.8) is 0 Å². The Kier molecular flexibility index (Phi) is 6.84. The molecule has 0 unspecified atom stereocenters. The average Bonchev–Trinajstić information content (AvgIpc) is 3.43. The number of aromatic nitrogens is 3. The number of halogens is 1. The first kappa shape index (κ1) is 24.9. The largest absolute Gasteiger partial charge is 0.394 e. The fourth-order valence-electron chi connectivity index (χ4n) is 5.51. The summed E-state index contributed by atoms with van der Waals surface area (Å²) in [4.78, 5) is 2.09. The Hall–Kier alpha value is -2.82. The van der Waals surface area contributed by atoms with Crippen molar-refractivity contribution in [1.29, 1.82) is 0 Å². The van der Waals surface area contributed by atoms with Crippen molar-refractivity contribution in [2.75, 3.05) is 24.6 Å². The van der Waals surface area contributed by atoms with Gasteiger partial charge in [-0.25, -0.2) is 12.8 Å². The molecule has 36 heavy (non-hydrogen) atoms. The number of anilines is 1. The summed E-state index contributed by atoms with van der Waals surface area (Å²) < 4.78 is 45.6. The molecule has 2 atom stereocenters. The van der Waals surface area contributed by atoms with Crippen LogP contribution in [0.15, 0.2) is 61.2 Å². The van der Waals surface area contributed by atoms with Gasteiger partial charge in [0.15, 0.2) is 0 Å². The molecule has 2 aliphatic heterocycles. The minimum absolute atomic E-state index is 0.0141. The molecule has 2 fully saturated rings. The number of aliphatic hydroxyl groups is 1. The van der Waals surface area contributed by atoms with Gasteiger partial charge in [-0.05, 0) is 50.3 Å². The van der Waals surface area contributed by atoms with E-state index in [1.807, 2.05) is 47.9 Å². The van der Waals surface area contributed by atoms with Gasteiger partial charge in [0, 0.05) is 36.9 Å². The Bertz CT molecular complexity index is 1280. The normalized spacial score (nSPS) is 24.0. The van der Waals surface area contributed by atoms with Gasteiger partial charge in [-0.3, -0.25) is 0 Å². The van der Waals surface area contributed by atoms with Crippen LogP contribution in [0.2, 0.25) is 0 Å². The Balaban J connectivity index is 1.31. The second-order valence-electron chi connectivity index (χ2n) is 9.93. The lowest BCUT2D eigenvalue weighted by Gasteiger charge is -2.42. The molecule has 1 N–H and O–H groups in total. The van der Waals surface area contributed by atoms with Crippen molar-refractivity contribution in [3.05, 3.63) is 78.1 Å². The summed E-state index contributed by atoms with van der Waals surface area (Å²) in [5.74, 6) is -0.408. The first-order valence-corrected chi connectivity index (χ1v) is 13.9. The number of hydrogen-bond acceptors (Lipinski definition) is 6. The molecular formula is C26H32FN5O3S. The summed E-state index contributed by atoms with van der Waals surface area (Å²) in [7, 11) is -3.63. The Morgan fingerprint density at radius 3 is 2.39 bits per heavy atom. The fraction of sp³-hybridized carbons (Fsp3) is 0.462. The molecule has 2 aromatic carbocycles. The van der Waals surface area contributed by atoms with E-state index in [-0.39, 0.29) is 19.2 Å².